The lowest BCUT2D eigenvalue weighted by molar-refractivity contribution is -0.123. The molecule has 0 aliphatic carbocycles. The SMILES string of the molecule is CO[Si](OC)(OC)C(=O)C1NCCC1OCC1CO1. The quantitative estimate of drug-likeness (QED) is 0.459. The second-order valence-electron chi connectivity index (χ2n) is 4.58. The van der Waals surface area contributed by atoms with E-state index in [0.29, 0.717) is 6.61 Å². The summed E-state index contributed by atoms with van der Waals surface area (Å²) in [6.07, 6.45) is 0.791. The van der Waals surface area contributed by atoms with Gasteiger partial charge in [0.05, 0.1) is 25.4 Å². The number of hydrogen-bond acceptors (Lipinski definition) is 7. The summed E-state index contributed by atoms with van der Waals surface area (Å²) >= 11 is 0. The molecule has 8 heteroatoms. The van der Waals surface area contributed by atoms with E-state index < -0.39 is 14.8 Å². The molecule has 0 radical (unpaired) electrons. The number of hydrogen-bond donors (Lipinski definition) is 1. The number of carbonyl (C=O) groups is 1. The average molecular weight is 291 g/mol. The lowest BCUT2D eigenvalue weighted by atomic mass is 10.2. The first-order chi connectivity index (χ1) is 9.16. The molecule has 2 rings (SSSR count). The van der Waals surface area contributed by atoms with E-state index >= 15 is 0 Å². The molecule has 3 unspecified atom stereocenters. The van der Waals surface area contributed by atoms with E-state index in [2.05, 4.69) is 5.32 Å². The summed E-state index contributed by atoms with van der Waals surface area (Å²) in [6.45, 7) is 2.00. The third kappa shape index (κ3) is 3.22. The van der Waals surface area contributed by atoms with Gasteiger partial charge in [-0.25, -0.2) is 0 Å². The molecule has 110 valence electrons. The summed E-state index contributed by atoms with van der Waals surface area (Å²) in [5, 5.41) is 2.96. The fraction of sp³-hybridized carbons (Fsp3) is 0.909. The van der Waals surface area contributed by atoms with Gasteiger partial charge < -0.3 is 28.1 Å². The van der Waals surface area contributed by atoms with Crippen LogP contribution in [0.3, 0.4) is 0 Å². The molecule has 2 saturated heterocycles. The first-order valence-corrected chi connectivity index (χ1v) is 8.05. The van der Waals surface area contributed by atoms with Crippen molar-refractivity contribution < 1.29 is 27.5 Å². The van der Waals surface area contributed by atoms with Gasteiger partial charge in [-0.05, 0) is 13.0 Å². The second-order valence-corrected chi connectivity index (χ2v) is 7.41. The van der Waals surface area contributed by atoms with Crippen LogP contribution in [-0.2, 0) is 27.5 Å². The van der Waals surface area contributed by atoms with Gasteiger partial charge in [-0.1, -0.05) is 0 Å². The van der Waals surface area contributed by atoms with Crippen molar-refractivity contribution in [3.05, 3.63) is 0 Å². The van der Waals surface area contributed by atoms with Crippen molar-refractivity contribution in [2.45, 2.75) is 24.7 Å². The molecule has 1 N–H and O–H groups in total. The fourth-order valence-electron chi connectivity index (χ4n) is 2.26. The van der Waals surface area contributed by atoms with E-state index in [1.165, 1.54) is 21.3 Å². The van der Waals surface area contributed by atoms with Gasteiger partial charge in [-0.3, -0.25) is 4.79 Å². The van der Waals surface area contributed by atoms with Crippen LogP contribution in [0.2, 0.25) is 0 Å². The van der Waals surface area contributed by atoms with Gasteiger partial charge in [0.2, 0.25) is 5.41 Å². The zero-order valence-corrected chi connectivity index (χ0v) is 12.5. The number of rotatable bonds is 8. The normalized spacial score (nSPS) is 30.6. The van der Waals surface area contributed by atoms with E-state index in [0.717, 1.165) is 19.6 Å². The summed E-state index contributed by atoms with van der Waals surface area (Å²) in [5.74, 6) is 0. The maximum absolute atomic E-state index is 12.5. The summed E-state index contributed by atoms with van der Waals surface area (Å²) in [4.78, 5) is 12.5. The van der Waals surface area contributed by atoms with Crippen molar-refractivity contribution in [3.8, 4) is 0 Å². The van der Waals surface area contributed by atoms with Gasteiger partial charge in [0, 0.05) is 21.3 Å². The van der Waals surface area contributed by atoms with Crippen LogP contribution in [-0.4, -0.2) is 73.5 Å². The highest BCUT2D eigenvalue weighted by molar-refractivity contribution is 6.93. The Bertz CT molecular complexity index is 312. The van der Waals surface area contributed by atoms with Crippen LogP contribution < -0.4 is 5.32 Å². The molecule has 0 amide bonds. The highest BCUT2D eigenvalue weighted by Crippen LogP contribution is 2.20. The molecule has 0 bridgehead atoms. The van der Waals surface area contributed by atoms with Gasteiger partial charge >= 0.3 is 8.80 Å². The van der Waals surface area contributed by atoms with E-state index in [-0.39, 0.29) is 17.6 Å². The molecule has 3 atom stereocenters. The van der Waals surface area contributed by atoms with Crippen LogP contribution in [0, 0.1) is 0 Å². The van der Waals surface area contributed by atoms with Crippen LogP contribution in [0.1, 0.15) is 6.42 Å². The van der Waals surface area contributed by atoms with E-state index in [9.17, 15) is 4.79 Å². The van der Waals surface area contributed by atoms with Crippen molar-refractivity contribution in [2.75, 3.05) is 41.1 Å². The van der Waals surface area contributed by atoms with Gasteiger partial charge in [-0.15, -0.1) is 0 Å². The predicted molar refractivity (Wildman–Crippen MR) is 67.7 cm³/mol. The highest BCUT2D eigenvalue weighted by atomic mass is 28.4. The Labute approximate surface area is 113 Å². The van der Waals surface area contributed by atoms with Crippen molar-refractivity contribution >= 4 is 14.2 Å². The Morgan fingerprint density at radius 1 is 1.32 bits per heavy atom. The molecular formula is C11H21NO6Si. The molecule has 0 aromatic heterocycles. The number of carbonyl (C=O) groups excluding carboxylic acids is 1. The third-order valence-electron chi connectivity index (χ3n) is 3.45. The predicted octanol–water partition coefficient (Wildman–Crippen LogP) is -0.881. The third-order valence-corrected chi connectivity index (χ3v) is 5.98. The molecule has 2 aliphatic rings. The number of nitrogens with one attached hydrogen (secondary N) is 1. The van der Waals surface area contributed by atoms with Crippen LogP contribution >= 0.6 is 0 Å². The minimum atomic E-state index is -3.28. The topological polar surface area (TPSA) is 78.6 Å². The number of epoxide rings is 1. The molecule has 0 aromatic rings. The molecule has 2 fully saturated rings. The molecule has 0 aromatic carbocycles. The largest absolute Gasteiger partial charge is 0.575 e. The number of ether oxygens (including phenoxy) is 2. The van der Waals surface area contributed by atoms with Crippen molar-refractivity contribution in [1.82, 2.24) is 5.32 Å². The molecule has 0 saturated carbocycles. The van der Waals surface area contributed by atoms with Crippen LogP contribution in [0.5, 0.6) is 0 Å². The second kappa shape index (κ2) is 6.40. The van der Waals surface area contributed by atoms with Gasteiger partial charge in [0.25, 0.3) is 0 Å². The van der Waals surface area contributed by atoms with Crippen LogP contribution in [0.4, 0.5) is 0 Å². The lowest BCUT2D eigenvalue weighted by Gasteiger charge is -2.27. The van der Waals surface area contributed by atoms with Crippen molar-refractivity contribution in [3.63, 3.8) is 0 Å². The van der Waals surface area contributed by atoms with Gasteiger partial charge in [-0.2, -0.15) is 0 Å². The summed E-state index contributed by atoms with van der Waals surface area (Å²) < 4.78 is 26.5. The first-order valence-electron chi connectivity index (χ1n) is 6.33. The Morgan fingerprint density at radius 3 is 2.47 bits per heavy atom. The smallest absolute Gasteiger partial charge is 0.373 e. The van der Waals surface area contributed by atoms with Gasteiger partial charge in [0.15, 0.2) is 0 Å². The Hall–Kier alpha value is -0.353. The van der Waals surface area contributed by atoms with Crippen molar-refractivity contribution in [1.29, 1.82) is 0 Å². The maximum Gasteiger partial charge on any atom is 0.575 e. The maximum atomic E-state index is 12.5. The fourth-order valence-corrected chi connectivity index (χ4v) is 4.03. The van der Waals surface area contributed by atoms with Crippen LogP contribution in [0.25, 0.3) is 0 Å². The summed E-state index contributed by atoms with van der Waals surface area (Å²) in [5.41, 5.74) is 0. The summed E-state index contributed by atoms with van der Waals surface area (Å²) in [6, 6.07) is -0.440. The van der Waals surface area contributed by atoms with Gasteiger partial charge in [0.1, 0.15) is 6.10 Å². The molecule has 19 heavy (non-hydrogen) atoms. The zero-order chi connectivity index (χ0) is 13.9. The Balaban J connectivity index is 1.98. The minimum Gasteiger partial charge on any atom is -0.373 e. The zero-order valence-electron chi connectivity index (χ0n) is 11.5. The monoisotopic (exact) mass is 291 g/mol. The first kappa shape index (κ1) is 15.0. The Kier molecular flexibility index (Phi) is 5.07. The van der Waals surface area contributed by atoms with E-state index in [4.69, 9.17) is 22.8 Å². The van der Waals surface area contributed by atoms with E-state index in [1.807, 2.05) is 0 Å². The Morgan fingerprint density at radius 2 is 1.95 bits per heavy atom. The highest BCUT2D eigenvalue weighted by Gasteiger charge is 2.54. The average Bonchev–Trinajstić information content (AvgIpc) is 3.15. The molecule has 2 aliphatic heterocycles. The minimum absolute atomic E-state index is 0.177. The molecule has 0 spiro atoms. The standard InChI is InChI=1S/C11H21NO6Si/c1-14-19(15-2,16-3)11(13)10-9(4-5-12-10)18-7-8-6-17-8/h8-10,12H,4-7H2,1-3H3. The summed E-state index contributed by atoms with van der Waals surface area (Å²) in [7, 11) is 1.01. The molecule has 7 nitrogen and oxygen atoms in total. The molecule has 2 heterocycles. The van der Waals surface area contributed by atoms with E-state index in [1.54, 1.807) is 0 Å². The molecular weight excluding hydrogens is 270 g/mol. The van der Waals surface area contributed by atoms with Crippen molar-refractivity contribution in [2.24, 2.45) is 0 Å². The van der Waals surface area contributed by atoms with Crippen LogP contribution in [0.15, 0.2) is 0 Å². The lowest BCUT2D eigenvalue weighted by Crippen LogP contribution is -2.60.